The standard InChI is InChI=1S/C16H19NO6/c1-6-5-16(2)10-8(12(18)17-13(10)19)7(6)9(14(20)22-3)11(16)15(21)23-4/h5,7-11H,1-4H3,(H,17,18,19)/t7-,8+,9-,10-,11+,16+/m0/s1. The lowest BCUT2D eigenvalue weighted by molar-refractivity contribution is -0.177. The quantitative estimate of drug-likeness (QED) is 0.438. The maximum atomic E-state index is 12.4. The molecule has 0 aromatic rings. The number of nitrogens with one attached hydrogen (secondary N) is 1. The first-order valence-electron chi connectivity index (χ1n) is 7.47. The van der Waals surface area contributed by atoms with E-state index in [0.717, 1.165) is 5.57 Å². The molecule has 23 heavy (non-hydrogen) atoms. The minimum atomic E-state index is -0.967. The molecule has 2 amide bonds. The van der Waals surface area contributed by atoms with Gasteiger partial charge in [-0.25, -0.2) is 0 Å². The van der Waals surface area contributed by atoms with Crippen LogP contribution >= 0.6 is 0 Å². The normalized spacial score (nSPS) is 41.0. The van der Waals surface area contributed by atoms with E-state index in [0.29, 0.717) is 0 Å². The molecule has 1 saturated heterocycles. The van der Waals surface area contributed by atoms with Crippen molar-refractivity contribution in [1.29, 1.82) is 0 Å². The van der Waals surface area contributed by atoms with Crippen LogP contribution in [0.25, 0.3) is 0 Å². The Morgan fingerprint density at radius 3 is 2.26 bits per heavy atom. The van der Waals surface area contributed by atoms with Gasteiger partial charge in [-0.05, 0) is 6.92 Å². The second-order valence-electron chi connectivity index (χ2n) is 6.69. The highest BCUT2D eigenvalue weighted by Crippen LogP contribution is 2.62. The highest BCUT2D eigenvalue weighted by atomic mass is 16.5. The van der Waals surface area contributed by atoms with E-state index >= 15 is 0 Å². The Kier molecular flexibility index (Phi) is 3.35. The van der Waals surface area contributed by atoms with Crippen molar-refractivity contribution in [3.8, 4) is 0 Å². The largest absolute Gasteiger partial charge is 0.469 e. The average Bonchev–Trinajstić information content (AvgIpc) is 2.81. The van der Waals surface area contributed by atoms with Crippen molar-refractivity contribution in [3.05, 3.63) is 11.6 Å². The molecule has 1 N–H and O–H groups in total. The van der Waals surface area contributed by atoms with Gasteiger partial charge in [-0.15, -0.1) is 0 Å². The number of ether oxygens (including phenoxy) is 2. The maximum absolute atomic E-state index is 12.4. The minimum absolute atomic E-state index is 0.388. The SMILES string of the molecule is COC(=O)[C@H]1[C@H]2C(C)=C[C@](C)([C@@H]3C(=O)NC(=O)[C@H]23)[C@H]1C(=O)OC. The smallest absolute Gasteiger partial charge is 0.310 e. The van der Waals surface area contributed by atoms with Gasteiger partial charge in [0.25, 0.3) is 0 Å². The summed E-state index contributed by atoms with van der Waals surface area (Å²) in [5.74, 6) is -5.46. The molecule has 0 unspecified atom stereocenters. The van der Waals surface area contributed by atoms with Gasteiger partial charge in [-0.2, -0.15) is 0 Å². The van der Waals surface area contributed by atoms with Crippen LogP contribution in [-0.2, 0) is 28.7 Å². The number of hydrogen-bond acceptors (Lipinski definition) is 6. The molecule has 2 fully saturated rings. The highest BCUT2D eigenvalue weighted by Gasteiger charge is 2.70. The summed E-state index contributed by atoms with van der Waals surface area (Å²) < 4.78 is 9.77. The zero-order valence-corrected chi connectivity index (χ0v) is 13.4. The van der Waals surface area contributed by atoms with Gasteiger partial charge < -0.3 is 9.47 Å². The van der Waals surface area contributed by atoms with E-state index in [9.17, 15) is 19.2 Å². The van der Waals surface area contributed by atoms with Crippen LogP contribution in [0, 0.1) is 35.0 Å². The Hall–Kier alpha value is -2.18. The molecule has 124 valence electrons. The van der Waals surface area contributed by atoms with E-state index < -0.39 is 52.9 Å². The van der Waals surface area contributed by atoms with Crippen molar-refractivity contribution < 1.29 is 28.7 Å². The van der Waals surface area contributed by atoms with Gasteiger partial charge in [0.2, 0.25) is 11.8 Å². The zero-order valence-electron chi connectivity index (χ0n) is 13.4. The first-order chi connectivity index (χ1) is 10.8. The van der Waals surface area contributed by atoms with Crippen LogP contribution in [0.15, 0.2) is 11.6 Å². The summed E-state index contributed by atoms with van der Waals surface area (Å²) in [7, 11) is 2.49. The molecule has 4 rings (SSSR count). The second-order valence-corrected chi connectivity index (χ2v) is 6.69. The predicted molar refractivity (Wildman–Crippen MR) is 76.5 cm³/mol. The number of amides is 2. The molecule has 0 radical (unpaired) electrons. The van der Waals surface area contributed by atoms with Crippen molar-refractivity contribution in [1.82, 2.24) is 5.32 Å². The number of allylic oxidation sites excluding steroid dienone is 2. The Morgan fingerprint density at radius 2 is 1.70 bits per heavy atom. The lowest BCUT2D eigenvalue weighted by atomic mass is 9.45. The van der Waals surface area contributed by atoms with E-state index in [1.165, 1.54) is 14.2 Å². The van der Waals surface area contributed by atoms with Gasteiger partial charge in [0.1, 0.15) is 0 Å². The third-order valence-corrected chi connectivity index (χ3v) is 5.66. The number of rotatable bonds is 2. The summed E-state index contributed by atoms with van der Waals surface area (Å²) in [5.41, 5.74) is -0.139. The first-order valence-corrected chi connectivity index (χ1v) is 7.47. The minimum Gasteiger partial charge on any atom is -0.469 e. The fraction of sp³-hybridized carbons (Fsp3) is 0.625. The fourth-order valence-electron chi connectivity index (χ4n) is 4.93. The summed E-state index contributed by atoms with van der Waals surface area (Å²) in [6.45, 7) is 3.55. The number of methoxy groups -OCH3 is 2. The Labute approximate surface area is 133 Å². The van der Waals surface area contributed by atoms with Gasteiger partial charge in [0, 0.05) is 11.3 Å². The average molecular weight is 321 g/mol. The molecular formula is C16H19NO6. The molecule has 0 aromatic heterocycles. The number of fused-ring (bicyclic) bond motifs is 1. The Morgan fingerprint density at radius 1 is 1.09 bits per heavy atom. The molecule has 2 bridgehead atoms. The van der Waals surface area contributed by atoms with Crippen LogP contribution in [0.2, 0.25) is 0 Å². The summed E-state index contributed by atoms with van der Waals surface area (Å²) in [6.07, 6.45) is 1.85. The number of imide groups is 1. The maximum Gasteiger partial charge on any atom is 0.310 e. The molecule has 3 aliphatic carbocycles. The summed E-state index contributed by atoms with van der Waals surface area (Å²) in [4.78, 5) is 49.3. The zero-order chi connectivity index (χ0) is 17.1. The molecule has 7 heteroatoms. The van der Waals surface area contributed by atoms with E-state index in [1.807, 2.05) is 13.0 Å². The van der Waals surface area contributed by atoms with E-state index in [-0.39, 0.29) is 5.91 Å². The number of hydrogen-bond donors (Lipinski definition) is 1. The summed E-state index contributed by atoms with van der Waals surface area (Å²) in [5, 5.41) is 2.34. The number of carbonyl (C=O) groups excluding carboxylic acids is 4. The third-order valence-electron chi connectivity index (χ3n) is 5.66. The van der Waals surface area contributed by atoms with Crippen LogP contribution in [0.3, 0.4) is 0 Å². The molecule has 0 spiro atoms. The third kappa shape index (κ3) is 1.82. The van der Waals surface area contributed by atoms with Crippen molar-refractivity contribution in [2.75, 3.05) is 14.2 Å². The molecular weight excluding hydrogens is 302 g/mol. The molecule has 1 saturated carbocycles. The lowest BCUT2D eigenvalue weighted by Gasteiger charge is -2.55. The van der Waals surface area contributed by atoms with Gasteiger partial charge in [0.15, 0.2) is 0 Å². The van der Waals surface area contributed by atoms with E-state index in [2.05, 4.69) is 5.32 Å². The van der Waals surface area contributed by atoms with E-state index in [1.54, 1.807) is 6.92 Å². The molecule has 4 aliphatic rings. The van der Waals surface area contributed by atoms with Crippen LogP contribution in [-0.4, -0.2) is 38.0 Å². The van der Waals surface area contributed by atoms with Crippen LogP contribution in [0.4, 0.5) is 0 Å². The molecule has 1 heterocycles. The number of carbonyl (C=O) groups is 4. The van der Waals surface area contributed by atoms with Crippen LogP contribution in [0.1, 0.15) is 13.8 Å². The van der Waals surface area contributed by atoms with Crippen molar-refractivity contribution in [3.63, 3.8) is 0 Å². The molecule has 6 atom stereocenters. The lowest BCUT2D eigenvalue weighted by Crippen LogP contribution is -2.61. The molecule has 1 aliphatic heterocycles. The van der Waals surface area contributed by atoms with E-state index in [4.69, 9.17) is 9.47 Å². The Balaban J connectivity index is 2.23. The van der Waals surface area contributed by atoms with Crippen molar-refractivity contribution >= 4 is 23.8 Å². The van der Waals surface area contributed by atoms with Gasteiger partial charge in [-0.1, -0.05) is 18.6 Å². The summed E-state index contributed by atoms with van der Waals surface area (Å²) >= 11 is 0. The molecule has 0 aromatic carbocycles. The highest BCUT2D eigenvalue weighted by molar-refractivity contribution is 6.07. The van der Waals surface area contributed by atoms with Gasteiger partial charge in [-0.3, -0.25) is 24.5 Å². The fourth-order valence-corrected chi connectivity index (χ4v) is 4.93. The van der Waals surface area contributed by atoms with Crippen molar-refractivity contribution in [2.45, 2.75) is 13.8 Å². The predicted octanol–water partition coefficient (Wildman–Crippen LogP) is 0.0496. The van der Waals surface area contributed by atoms with Gasteiger partial charge in [0.05, 0.1) is 37.9 Å². The molecule has 7 nitrogen and oxygen atoms in total. The van der Waals surface area contributed by atoms with Crippen LogP contribution in [0.5, 0.6) is 0 Å². The number of esters is 2. The Bertz CT molecular complexity index is 653. The second kappa shape index (κ2) is 4.91. The van der Waals surface area contributed by atoms with Crippen molar-refractivity contribution in [2.24, 2.45) is 35.0 Å². The topological polar surface area (TPSA) is 98.8 Å². The van der Waals surface area contributed by atoms with Crippen LogP contribution < -0.4 is 5.32 Å². The summed E-state index contributed by atoms with van der Waals surface area (Å²) in [6, 6.07) is 0. The van der Waals surface area contributed by atoms with Gasteiger partial charge >= 0.3 is 11.9 Å². The first kappa shape index (κ1) is 15.7. The monoisotopic (exact) mass is 321 g/mol.